The average Bonchev–Trinajstić information content (AvgIpc) is 2.88. The van der Waals surface area contributed by atoms with Crippen LogP contribution >= 0.6 is 0 Å². The van der Waals surface area contributed by atoms with Gasteiger partial charge in [-0.3, -0.25) is 0 Å². The van der Waals surface area contributed by atoms with Crippen molar-refractivity contribution < 1.29 is 17.9 Å². The Morgan fingerprint density at radius 3 is 2.24 bits per heavy atom. The number of aromatic nitrogens is 3. The number of alkyl carbamates (subject to hydrolysis) is 1. The summed E-state index contributed by atoms with van der Waals surface area (Å²) in [5.41, 5.74) is 1.37. The van der Waals surface area contributed by atoms with Gasteiger partial charge in [0.05, 0.1) is 16.1 Å². The van der Waals surface area contributed by atoms with Gasteiger partial charge in [-0.2, -0.15) is 0 Å². The number of benzene rings is 2. The molecule has 0 fully saturated rings. The highest BCUT2D eigenvalue weighted by molar-refractivity contribution is 7.90. The van der Waals surface area contributed by atoms with E-state index in [9.17, 15) is 13.2 Å². The van der Waals surface area contributed by atoms with E-state index in [1.165, 1.54) is 12.4 Å². The van der Waals surface area contributed by atoms with E-state index >= 15 is 0 Å². The van der Waals surface area contributed by atoms with Crippen molar-refractivity contribution in [3.8, 4) is 0 Å². The highest BCUT2D eigenvalue weighted by Crippen LogP contribution is 2.26. The zero-order valence-electron chi connectivity index (χ0n) is 21.2. The summed E-state index contributed by atoms with van der Waals surface area (Å²) in [4.78, 5) is 25.3. The van der Waals surface area contributed by atoms with Gasteiger partial charge in [0.1, 0.15) is 30.4 Å². The summed E-state index contributed by atoms with van der Waals surface area (Å²) in [5.74, 6) is 1.40. The first-order valence-electron chi connectivity index (χ1n) is 11.7. The van der Waals surface area contributed by atoms with Crippen molar-refractivity contribution in [2.24, 2.45) is 0 Å². The highest BCUT2D eigenvalue weighted by atomic mass is 32.2. The number of hydrogen-bond donors (Lipinski definition) is 3. The summed E-state index contributed by atoms with van der Waals surface area (Å²) >= 11 is 0. The lowest BCUT2D eigenvalue weighted by Crippen LogP contribution is -2.41. The summed E-state index contributed by atoms with van der Waals surface area (Å²) in [6, 6.07) is 21.3. The molecule has 196 valence electrons. The van der Waals surface area contributed by atoms with E-state index in [-0.39, 0.29) is 11.5 Å². The van der Waals surface area contributed by atoms with Crippen LogP contribution in [0.15, 0.2) is 90.2 Å². The number of hydrogen-bond acceptors (Lipinski definition) is 9. The summed E-state index contributed by atoms with van der Waals surface area (Å²) in [7, 11) is -3.42. The van der Waals surface area contributed by atoms with E-state index in [1.807, 2.05) is 50.2 Å². The van der Waals surface area contributed by atoms with Crippen LogP contribution in [0, 0.1) is 0 Å². The minimum absolute atomic E-state index is 0.172. The van der Waals surface area contributed by atoms with Crippen LogP contribution in [-0.4, -0.2) is 35.7 Å². The van der Waals surface area contributed by atoms with Crippen LogP contribution in [0.2, 0.25) is 0 Å². The van der Waals surface area contributed by atoms with Gasteiger partial charge in [-0.05, 0) is 43.2 Å². The molecule has 0 saturated carbocycles. The van der Waals surface area contributed by atoms with E-state index in [1.54, 1.807) is 36.5 Å². The number of ether oxygens (including phenoxy) is 1. The van der Waals surface area contributed by atoms with Crippen molar-refractivity contribution >= 4 is 39.1 Å². The number of carbonyl (C=O) groups excluding carboxylic acids is 1. The largest absolute Gasteiger partial charge is 0.445 e. The van der Waals surface area contributed by atoms with Crippen LogP contribution in [0.4, 0.5) is 27.9 Å². The van der Waals surface area contributed by atoms with E-state index in [0.717, 1.165) is 17.4 Å². The van der Waals surface area contributed by atoms with Gasteiger partial charge in [0, 0.05) is 18.5 Å². The van der Waals surface area contributed by atoms with Crippen LogP contribution in [0.1, 0.15) is 25.0 Å². The predicted molar refractivity (Wildman–Crippen MR) is 145 cm³/mol. The van der Waals surface area contributed by atoms with Gasteiger partial charge in [-0.25, -0.2) is 28.2 Å². The summed E-state index contributed by atoms with van der Waals surface area (Å²) < 4.78 is 29.5. The lowest BCUT2D eigenvalue weighted by molar-refractivity contribution is 0.129. The lowest BCUT2D eigenvalue weighted by atomic mass is 9.96. The first-order chi connectivity index (χ1) is 18.1. The number of sulfone groups is 1. The molecule has 4 rings (SSSR count). The third kappa shape index (κ3) is 7.04. The fraction of sp³-hybridized carbons (Fsp3) is 0.185. The quantitative estimate of drug-likeness (QED) is 0.274. The molecule has 0 radical (unpaired) electrons. The van der Waals surface area contributed by atoms with Gasteiger partial charge in [-0.15, -0.1) is 0 Å². The second-order valence-electron chi connectivity index (χ2n) is 9.05. The Labute approximate surface area is 221 Å². The molecule has 38 heavy (non-hydrogen) atoms. The number of carbonyl (C=O) groups is 1. The summed E-state index contributed by atoms with van der Waals surface area (Å²) in [6.45, 7) is 3.90. The standard InChI is InChI=1S/C27H28N6O4S/c1-27(2,33-26(34)37-17-19-9-5-4-6-10-19)20-13-14-23(28-16-20)32-25-15-24(29-18-30-25)31-21-11-7-8-12-22(21)38(3,35)36/h4-16,18H,17H2,1-3H3,(H,33,34)(H2,28,29,30,31,32). The molecule has 0 spiro atoms. The molecule has 0 bridgehead atoms. The molecule has 2 aromatic heterocycles. The topological polar surface area (TPSA) is 135 Å². The number of anilines is 4. The molecule has 3 N–H and O–H groups in total. The molecule has 2 heterocycles. The first kappa shape index (κ1) is 26.6. The molecule has 0 aliphatic heterocycles. The van der Waals surface area contributed by atoms with Gasteiger partial charge in [0.15, 0.2) is 9.84 Å². The van der Waals surface area contributed by atoms with E-state index in [0.29, 0.717) is 23.1 Å². The smallest absolute Gasteiger partial charge is 0.408 e. The SMILES string of the molecule is CC(C)(NC(=O)OCc1ccccc1)c1ccc(Nc2cc(Nc3ccccc3S(C)(=O)=O)ncn2)nc1. The minimum Gasteiger partial charge on any atom is -0.445 e. The molecule has 0 aliphatic carbocycles. The number of nitrogens with one attached hydrogen (secondary N) is 3. The Kier molecular flexibility index (Phi) is 7.87. The fourth-order valence-corrected chi connectivity index (χ4v) is 4.42. The zero-order chi connectivity index (χ0) is 27.2. The van der Waals surface area contributed by atoms with Crippen LogP contribution in [0.25, 0.3) is 0 Å². The normalized spacial score (nSPS) is 11.4. The molecular formula is C27H28N6O4S. The Morgan fingerprint density at radius 2 is 1.55 bits per heavy atom. The van der Waals surface area contributed by atoms with Crippen molar-refractivity contribution in [3.05, 3.63) is 96.4 Å². The zero-order valence-corrected chi connectivity index (χ0v) is 22.0. The van der Waals surface area contributed by atoms with Gasteiger partial charge < -0.3 is 20.7 Å². The van der Waals surface area contributed by atoms with Crippen LogP contribution < -0.4 is 16.0 Å². The number of para-hydroxylation sites is 1. The number of rotatable bonds is 9. The fourth-order valence-electron chi connectivity index (χ4n) is 3.58. The minimum atomic E-state index is -3.42. The highest BCUT2D eigenvalue weighted by Gasteiger charge is 2.24. The van der Waals surface area contributed by atoms with Gasteiger partial charge in [0.2, 0.25) is 0 Å². The maximum atomic E-state index is 12.3. The molecule has 0 saturated heterocycles. The summed E-state index contributed by atoms with van der Waals surface area (Å²) in [6.07, 6.45) is 3.64. The van der Waals surface area contributed by atoms with Gasteiger partial charge >= 0.3 is 6.09 Å². The van der Waals surface area contributed by atoms with Crippen molar-refractivity contribution in [1.82, 2.24) is 20.3 Å². The first-order valence-corrected chi connectivity index (χ1v) is 13.6. The average molecular weight is 533 g/mol. The molecule has 4 aromatic rings. The molecule has 11 heteroatoms. The van der Waals surface area contributed by atoms with E-state index in [2.05, 4.69) is 30.9 Å². The predicted octanol–water partition coefficient (Wildman–Crippen LogP) is 4.92. The molecule has 1 amide bonds. The molecular weight excluding hydrogens is 504 g/mol. The third-order valence-corrected chi connectivity index (χ3v) is 6.74. The molecule has 2 aromatic carbocycles. The van der Waals surface area contributed by atoms with Crippen LogP contribution in [0.3, 0.4) is 0 Å². The van der Waals surface area contributed by atoms with Crippen molar-refractivity contribution in [2.75, 3.05) is 16.9 Å². The molecule has 0 atom stereocenters. The Morgan fingerprint density at radius 1 is 0.868 bits per heavy atom. The van der Waals surface area contributed by atoms with Gasteiger partial charge in [0.25, 0.3) is 0 Å². The Bertz CT molecular complexity index is 1510. The van der Waals surface area contributed by atoms with E-state index < -0.39 is 21.5 Å². The molecule has 10 nitrogen and oxygen atoms in total. The second kappa shape index (κ2) is 11.3. The lowest BCUT2D eigenvalue weighted by Gasteiger charge is -2.26. The van der Waals surface area contributed by atoms with Crippen LogP contribution in [0.5, 0.6) is 0 Å². The summed E-state index contributed by atoms with van der Waals surface area (Å²) in [5, 5.41) is 9.00. The number of nitrogens with zero attached hydrogens (tertiary/aromatic N) is 3. The monoisotopic (exact) mass is 532 g/mol. The Balaban J connectivity index is 1.39. The number of amides is 1. The number of pyridine rings is 1. The molecule has 0 aliphatic rings. The van der Waals surface area contributed by atoms with Crippen molar-refractivity contribution in [3.63, 3.8) is 0 Å². The van der Waals surface area contributed by atoms with Crippen molar-refractivity contribution in [2.45, 2.75) is 30.9 Å². The third-order valence-electron chi connectivity index (χ3n) is 5.58. The maximum absolute atomic E-state index is 12.3. The maximum Gasteiger partial charge on any atom is 0.408 e. The Hall–Kier alpha value is -4.51. The second-order valence-corrected chi connectivity index (χ2v) is 11.0. The van der Waals surface area contributed by atoms with E-state index in [4.69, 9.17) is 4.74 Å². The van der Waals surface area contributed by atoms with Crippen molar-refractivity contribution in [1.29, 1.82) is 0 Å². The van der Waals surface area contributed by atoms with Gasteiger partial charge in [-0.1, -0.05) is 48.5 Å². The van der Waals surface area contributed by atoms with Crippen LogP contribution in [-0.2, 0) is 26.7 Å². The molecule has 0 unspecified atom stereocenters.